The number of likely N-dealkylation sites (tertiary alicyclic amines) is 1. The maximum atomic E-state index is 13.8. The Balaban J connectivity index is 2.17. The van der Waals surface area contributed by atoms with Crippen LogP contribution < -0.4 is 5.73 Å². The smallest absolute Gasteiger partial charge is 0.129 e. The van der Waals surface area contributed by atoms with E-state index in [4.69, 9.17) is 17.3 Å². The van der Waals surface area contributed by atoms with Crippen molar-refractivity contribution in [3.63, 3.8) is 0 Å². The molecule has 1 aromatic carbocycles. The maximum absolute atomic E-state index is 13.8. The summed E-state index contributed by atoms with van der Waals surface area (Å²) < 4.78 is 13.8. The molecule has 0 saturated carbocycles. The summed E-state index contributed by atoms with van der Waals surface area (Å²) in [5, 5.41) is 0.504. The van der Waals surface area contributed by atoms with Gasteiger partial charge in [-0.2, -0.15) is 0 Å². The molecule has 2 nitrogen and oxygen atoms in total. The van der Waals surface area contributed by atoms with Gasteiger partial charge in [0, 0.05) is 29.7 Å². The van der Waals surface area contributed by atoms with Crippen LogP contribution in [-0.4, -0.2) is 24.0 Å². The van der Waals surface area contributed by atoms with Gasteiger partial charge in [0.2, 0.25) is 0 Å². The number of nitrogens with zero attached hydrogens (tertiary/aromatic N) is 1. The van der Waals surface area contributed by atoms with Crippen LogP contribution in [0.4, 0.5) is 4.39 Å². The van der Waals surface area contributed by atoms with Gasteiger partial charge in [-0.25, -0.2) is 4.39 Å². The van der Waals surface area contributed by atoms with Gasteiger partial charge in [0.05, 0.1) is 0 Å². The molecular weight excluding hydrogens is 251 g/mol. The van der Waals surface area contributed by atoms with E-state index in [1.54, 1.807) is 12.1 Å². The molecule has 0 aromatic heterocycles. The lowest BCUT2D eigenvalue weighted by Crippen LogP contribution is -2.48. The van der Waals surface area contributed by atoms with Gasteiger partial charge in [-0.3, -0.25) is 4.90 Å². The third-order valence-electron chi connectivity index (χ3n) is 3.90. The molecule has 4 heteroatoms. The van der Waals surface area contributed by atoms with E-state index in [1.807, 2.05) is 0 Å². The van der Waals surface area contributed by atoms with Gasteiger partial charge in [-0.1, -0.05) is 24.6 Å². The number of hydrogen-bond donors (Lipinski definition) is 1. The van der Waals surface area contributed by atoms with Crippen molar-refractivity contribution < 1.29 is 4.39 Å². The van der Waals surface area contributed by atoms with Gasteiger partial charge in [-0.15, -0.1) is 0 Å². The predicted octanol–water partition coefficient (Wildman–Crippen LogP) is 3.04. The molecule has 0 amide bonds. The fourth-order valence-corrected chi connectivity index (χ4v) is 3.02. The van der Waals surface area contributed by atoms with Crippen LogP contribution in [0.15, 0.2) is 18.2 Å². The third kappa shape index (κ3) is 2.85. The zero-order valence-electron chi connectivity index (χ0n) is 10.7. The molecular formula is C14H20ClFN2. The molecule has 100 valence electrons. The number of rotatable bonds is 3. The molecule has 1 fully saturated rings. The first-order chi connectivity index (χ1) is 8.63. The summed E-state index contributed by atoms with van der Waals surface area (Å²) in [5.74, 6) is 0.339. The number of hydrogen-bond acceptors (Lipinski definition) is 2. The van der Waals surface area contributed by atoms with Gasteiger partial charge < -0.3 is 5.73 Å². The molecule has 18 heavy (non-hydrogen) atoms. The van der Waals surface area contributed by atoms with Crippen LogP contribution in [0.3, 0.4) is 0 Å². The molecule has 1 aliphatic heterocycles. The number of piperidine rings is 1. The van der Waals surface area contributed by atoms with Crippen LogP contribution in [0.25, 0.3) is 0 Å². The lowest BCUT2D eigenvalue weighted by atomic mass is 9.90. The highest BCUT2D eigenvalue weighted by Crippen LogP contribution is 2.27. The van der Waals surface area contributed by atoms with Crippen LogP contribution in [0.2, 0.25) is 5.02 Å². The minimum Gasteiger partial charge on any atom is -0.329 e. The summed E-state index contributed by atoms with van der Waals surface area (Å²) in [6.45, 7) is 4.36. The molecule has 0 bridgehead atoms. The van der Waals surface area contributed by atoms with Gasteiger partial charge in [-0.05, 0) is 37.4 Å². The second kappa shape index (κ2) is 6.00. The number of benzene rings is 1. The number of nitrogens with two attached hydrogens (primary N) is 1. The molecule has 2 atom stereocenters. The van der Waals surface area contributed by atoms with Crippen LogP contribution in [0.5, 0.6) is 0 Å². The fraction of sp³-hybridized carbons (Fsp3) is 0.571. The van der Waals surface area contributed by atoms with Crippen LogP contribution in [0.1, 0.15) is 25.3 Å². The fourth-order valence-electron chi connectivity index (χ4n) is 2.80. The molecule has 0 spiro atoms. The van der Waals surface area contributed by atoms with E-state index in [0.717, 1.165) is 13.0 Å². The zero-order valence-corrected chi connectivity index (χ0v) is 11.5. The highest BCUT2D eigenvalue weighted by molar-refractivity contribution is 6.31. The molecule has 1 aromatic rings. The molecule has 1 aliphatic rings. The average molecular weight is 271 g/mol. The standard InChI is InChI=1S/C14H20ClFN2/c1-10-4-3-7-18(14(10)8-17)9-11-12(15)5-2-6-13(11)16/h2,5-6,10,14H,3-4,7-9,17H2,1H3. The quantitative estimate of drug-likeness (QED) is 0.915. The van der Waals surface area contributed by atoms with Crippen molar-refractivity contribution in [3.8, 4) is 0 Å². The normalized spacial score (nSPS) is 25.3. The second-order valence-electron chi connectivity index (χ2n) is 5.09. The molecule has 2 unspecified atom stereocenters. The molecule has 2 rings (SSSR count). The summed E-state index contributed by atoms with van der Waals surface area (Å²) in [6, 6.07) is 5.17. The predicted molar refractivity (Wildman–Crippen MR) is 73.1 cm³/mol. The van der Waals surface area contributed by atoms with Crippen molar-refractivity contribution in [2.24, 2.45) is 11.7 Å². The lowest BCUT2D eigenvalue weighted by molar-refractivity contribution is 0.0979. The summed E-state index contributed by atoms with van der Waals surface area (Å²) in [7, 11) is 0. The van der Waals surface area contributed by atoms with Gasteiger partial charge >= 0.3 is 0 Å². The van der Waals surface area contributed by atoms with E-state index in [2.05, 4.69) is 11.8 Å². The highest BCUT2D eigenvalue weighted by atomic mass is 35.5. The third-order valence-corrected chi connectivity index (χ3v) is 4.25. The van der Waals surface area contributed by atoms with Crippen molar-refractivity contribution in [1.29, 1.82) is 0 Å². The summed E-state index contributed by atoms with van der Waals surface area (Å²) in [5.41, 5.74) is 6.43. The monoisotopic (exact) mass is 270 g/mol. The molecule has 0 radical (unpaired) electrons. The van der Waals surface area contributed by atoms with E-state index in [1.165, 1.54) is 12.5 Å². The van der Waals surface area contributed by atoms with E-state index >= 15 is 0 Å². The van der Waals surface area contributed by atoms with Crippen molar-refractivity contribution in [1.82, 2.24) is 4.90 Å². The van der Waals surface area contributed by atoms with Crippen LogP contribution in [0, 0.1) is 11.7 Å². The Hall–Kier alpha value is -0.640. The van der Waals surface area contributed by atoms with E-state index in [9.17, 15) is 4.39 Å². The Kier molecular flexibility index (Phi) is 4.60. The number of halogens is 2. The van der Waals surface area contributed by atoms with Crippen molar-refractivity contribution >= 4 is 11.6 Å². The first-order valence-electron chi connectivity index (χ1n) is 6.50. The molecule has 1 saturated heterocycles. The van der Waals surface area contributed by atoms with E-state index < -0.39 is 0 Å². The maximum Gasteiger partial charge on any atom is 0.129 e. The Bertz CT molecular complexity index is 391. The zero-order chi connectivity index (χ0) is 13.1. The van der Waals surface area contributed by atoms with Crippen LogP contribution >= 0.6 is 11.6 Å². The SMILES string of the molecule is CC1CCCN(Cc2c(F)cccc2Cl)C1CN. The Labute approximate surface area is 113 Å². The van der Waals surface area contributed by atoms with Gasteiger partial charge in [0.25, 0.3) is 0 Å². The minimum absolute atomic E-state index is 0.225. The Morgan fingerprint density at radius 1 is 1.50 bits per heavy atom. The van der Waals surface area contributed by atoms with Crippen molar-refractivity contribution in [2.75, 3.05) is 13.1 Å². The lowest BCUT2D eigenvalue weighted by Gasteiger charge is -2.39. The first-order valence-corrected chi connectivity index (χ1v) is 6.88. The minimum atomic E-state index is -0.225. The molecule has 0 aliphatic carbocycles. The Morgan fingerprint density at radius 2 is 2.28 bits per heavy atom. The molecule has 1 heterocycles. The summed E-state index contributed by atoms with van der Waals surface area (Å²) in [6.07, 6.45) is 2.34. The van der Waals surface area contributed by atoms with Gasteiger partial charge in [0.15, 0.2) is 0 Å². The summed E-state index contributed by atoms with van der Waals surface area (Å²) in [4.78, 5) is 2.26. The summed E-state index contributed by atoms with van der Waals surface area (Å²) >= 11 is 6.08. The first kappa shape index (κ1) is 13.8. The molecule has 2 N–H and O–H groups in total. The average Bonchev–Trinajstić information content (AvgIpc) is 2.34. The topological polar surface area (TPSA) is 29.3 Å². The van der Waals surface area contributed by atoms with Crippen molar-refractivity contribution in [3.05, 3.63) is 34.6 Å². The Morgan fingerprint density at radius 3 is 2.94 bits per heavy atom. The van der Waals surface area contributed by atoms with E-state index in [-0.39, 0.29) is 5.82 Å². The second-order valence-corrected chi connectivity index (χ2v) is 5.50. The van der Waals surface area contributed by atoms with E-state index in [0.29, 0.717) is 35.6 Å². The van der Waals surface area contributed by atoms with Crippen LogP contribution in [-0.2, 0) is 6.54 Å². The highest BCUT2D eigenvalue weighted by Gasteiger charge is 2.28. The van der Waals surface area contributed by atoms with Crippen molar-refractivity contribution in [2.45, 2.75) is 32.4 Å². The van der Waals surface area contributed by atoms with Gasteiger partial charge in [0.1, 0.15) is 5.82 Å². The largest absolute Gasteiger partial charge is 0.329 e.